The molecule has 5 rings (SSSR count). The lowest BCUT2D eigenvalue weighted by Crippen LogP contribution is -2.48. The molecule has 186 valence electrons. The minimum atomic E-state index is -0.0408. The highest BCUT2D eigenvalue weighted by Gasteiger charge is 2.35. The Morgan fingerprint density at radius 2 is 1.89 bits per heavy atom. The third-order valence-corrected chi connectivity index (χ3v) is 7.37. The minimum Gasteiger partial charge on any atom is -0.374 e. The highest BCUT2D eigenvalue weighted by atomic mass is 16.2. The number of carbonyl (C=O) groups is 2. The summed E-state index contributed by atoms with van der Waals surface area (Å²) in [6.45, 7) is 10.5. The Morgan fingerprint density at radius 3 is 2.60 bits per heavy atom. The average molecular weight is 478 g/mol. The average Bonchev–Trinajstić information content (AvgIpc) is 3.19. The first-order chi connectivity index (χ1) is 16.8. The summed E-state index contributed by atoms with van der Waals surface area (Å²) >= 11 is 0. The molecule has 0 bridgehead atoms. The Morgan fingerprint density at radius 1 is 1.11 bits per heavy atom. The van der Waals surface area contributed by atoms with Crippen LogP contribution in [0.25, 0.3) is 0 Å². The number of hydrogen-bond donors (Lipinski definition) is 1. The fraction of sp³-hybridized carbons (Fsp3) is 0.538. The summed E-state index contributed by atoms with van der Waals surface area (Å²) < 4.78 is 0. The molecule has 2 amide bonds. The van der Waals surface area contributed by atoms with Crippen molar-refractivity contribution < 1.29 is 9.59 Å². The van der Waals surface area contributed by atoms with Gasteiger partial charge in [0.25, 0.3) is 5.91 Å². The molecule has 0 saturated carbocycles. The Bertz CT molecular complexity index is 1140. The van der Waals surface area contributed by atoms with E-state index in [1.807, 2.05) is 23.6 Å². The zero-order chi connectivity index (χ0) is 24.7. The van der Waals surface area contributed by atoms with Crippen LogP contribution in [0.1, 0.15) is 54.4 Å². The van der Waals surface area contributed by atoms with E-state index in [0.717, 1.165) is 24.3 Å². The number of hydrogen-bond acceptors (Lipinski definition) is 7. The maximum absolute atomic E-state index is 13.2. The third kappa shape index (κ3) is 4.51. The molecule has 1 saturated heterocycles. The number of benzene rings is 1. The van der Waals surface area contributed by atoms with Crippen LogP contribution in [0.2, 0.25) is 0 Å². The Hall–Kier alpha value is -3.36. The summed E-state index contributed by atoms with van der Waals surface area (Å²) in [5.74, 6) is 1.33. The first-order valence-electron chi connectivity index (χ1n) is 12.6. The summed E-state index contributed by atoms with van der Waals surface area (Å²) in [5, 5.41) is 3.53. The van der Waals surface area contributed by atoms with Gasteiger partial charge in [-0.1, -0.05) is 12.1 Å². The van der Waals surface area contributed by atoms with E-state index in [0.29, 0.717) is 50.9 Å². The number of anilines is 3. The topological polar surface area (TPSA) is 84.9 Å². The Kier molecular flexibility index (Phi) is 6.25. The van der Waals surface area contributed by atoms with Gasteiger partial charge < -0.3 is 24.9 Å². The van der Waals surface area contributed by atoms with Gasteiger partial charge in [-0.05, 0) is 43.9 Å². The van der Waals surface area contributed by atoms with Gasteiger partial charge in [0.2, 0.25) is 11.9 Å². The fourth-order valence-corrected chi connectivity index (χ4v) is 5.24. The van der Waals surface area contributed by atoms with Crippen LogP contribution in [0.4, 0.5) is 17.5 Å². The second-order valence-corrected chi connectivity index (χ2v) is 10.1. The summed E-state index contributed by atoms with van der Waals surface area (Å²) in [5.41, 5.74) is 5.26. The van der Waals surface area contributed by atoms with E-state index in [-0.39, 0.29) is 17.9 Å². The van der Waals surface area contributed by atoms with Crippen LogP contribution in [0.5, 0.6) is 0 Å². The molecule has 9 nitrogen and oxygen atoms in total. The second kappa shape index (κ2) is 9.36. The lowest BCUT2D eigenvalue weighted by molar-refractivity contribution is -0.129. The molecule has 2 aromatic rings. The zero-order valence-corrected chi connectivity index (χ0v) is 21.2. The predicted octanol–water partition coefficient (Wildman–Crippen LogP) is 2.50. The van der Waals surface area contributed by atoms with Crippen molar-refractivity contribution in [3.05, 3.63) is 40.6 Å². The molecular weight excluding hydrogens is 442 g/mol. The maximum Gasteiger partial charge on any atom is 0.273 e. The molecule has 0 spiro atoms. The molecule has 0 unspecified atom stereocenters. The molecule has 3 aliphatic heterocycles. The third-order valence-electron chi connectivity index (χ3n) is 7.37. The van der Waals surface area contributed by atoms with E-state index in [1.165, 1.54) is 23.2 Å². The van der Waals surface area contributed by atoms with Crippen LogP contribution in [-0.2, 0) is 24.3 Å². The summed E-state index contributed by atoms with van der Waals surface area (Å²) in [7, 11) is 2.15. The molecule has 3 aliphatic rings. The SMILES string of the molecule is CC(=O)N1CCN(c2nc(NCc3ccc4c(c3)CCCN4C)c3c(n2)C(=O)N(C(C)C)C3)CC1. The smallest absolute Gasteiger partial charge is 0.273 e. The van der Waals surface area contributed by atoms with Crippen molar-refractivity contribution in [2.75, 3.05) is 54.9 Å². The van der Waals surface area contributed by atoms with Crippen molar-refractivity contribution in [3.63, 3.8) is 0 Å². The number of carbonyl (C=O) groups excluding carboxylic acids is 2. The number of aryl methyl sites for hydroxylation is 1. The van der Waals surface area contributed by atoms with Crippen LogP contribution in [0.3, 0.4) is 0 Å². The van der Waals surface area contributed by atoms with Gasteiger partial charge in [0.05, 0.1) is 6.54 Å². The van der Waals surface area contributed by atoms with Crippen LogP contribution >= 0.6 is 0 Å². The zero-order valence-electron chi connectivity index (χ0n) is 21.2. The molecule has 4 heterocycles. The van der Waals surface area contributed by atoms with Crippen LogP contribution < -0.4 is 15.1 Å². The lowest BCUT2D eigenvalue weighted by Gasteiger charge is -2.34. The lowest BCUT2D eigenvalue weighted by atomic mass is 9.99. The van der Waals surface area contributed by atoms with E-state index in [9.17, 15) is 9.59 Å². The molecule has 1 aromatic carbocycles. The van der Waals surface area contributed by atoms with Crippen molar-refractivity contribution in [2.24, 2.45) is 0 Å². The minimum absolute atomic E-state index is 0.0408. The molecule has 0 aliphatic carbocycles. The van der Waals surface area contributed by atoms with E-state index < -0.39 is 0 Å². The highest BCUT2D eigenvalue weighted by molar-refractivity contribution is 5.98. The van der Waals surface area contributed by atoms with E-state index in [1.54, 1.807) is 6.92 Å². The fourth-order valence-electron chi connectivity index (χ4n) is 5.24. The summed E-state index contributed by atoms with van der Waals surface area (Å²) in [6.07, 6.45) is 2.28. The van der Waals surface area contributed by atoms with Gasteiger partial charge in [-0.15, -0.1) is 0 Å². The molecule has 1 aromatic heterocycles. The van der Waals surface area contributed by atoms with E-state index >= 15 is 0 Å². The monoisotopic (exact) mass is 477 g/mol. The number of amides is 2. The predicted molar refractivity (Wildman–Crippen MR) is 137 cm³/mol. The van der Waals surface area contributed by atoms with Crippen molar-refractivity contribution >= 4 is 29.3 Å². The second-order valence-electron chi connectivity index (χ2n) is 10.1. The van der Waals surface area contributed by atoms with Crippen molar-refractivity contribution in [1.29, 1.82) is 0 Å². The Balaban J connectivity index is 1.41. The first-order valence-corrected chi connectivity index (χ1v) is 12.6. The Labute approximate surface area is 207 Å². The molecule has 9 heteroatoms. The van der Waals surface area contributed by atoms with E-state index in [2.05, 4.69) is 40.4 Å². The van der Waals surface area contributed by atoms with Gasteiger partial charge >= 0.3 is 0 Å². The van der Waals surface area contributed by atoms with Crippen molar-refractivity contribution in [1.82, 2.24) is 19.8 Å². The number of nitrogens with one attached hydrogen (secondary N) is 1. The molecule has 0 atom stereocenters. The summed E-state index contributed by atoms with van der Waals surface area (Å²) in [4.78, 5) is 42.6. The number of nitrogens with zero attached hydrogens (tertiary/aromatic N) is 6. The van der Waals surface area contributed by atoms with Crippen LogP contribution in [-0.4, -0.2) is 77.4 Å². The quantitative estimate of drug-likeness (QED) is 0.708. The summed E-state index contributed by atoms with van der Waals surface area (Å²) in [6, 6.07) is 6.75. The molecule has 1 N–H and O–H groups in total. The number of rotatable bonds is 5. The van der Waals surface area contributed by atoms with Crippen molar-refractivity contribution in [3.8, 4) is 0 Å². The first kappa shape index (κ1) is 23.4. The van der Waals surface area contributed by atoms with Gasteiger partial charge in [-0.3, -0.25) is 9.59 Å². The van der Waals surface area contributed by atoms with Crippen LogP contribution in [0, 0.1) is 0 Å². The molecule has 0 radical (unpaired) electrons. The number of piperazine rings is 1. The highest BCUT2D eigenvalue weighted by Crippen LogP contribution is 2.32. The van der Waals surface area contributed by atoms with Crippen LogP contribution in [0.15, 0.2) is 18.2 Å². The van der Waals surface area contributed by atoms with E-state index in [4.69, 9.17) is 9.97 Å². The largest absolute Gasteiger partial charge is 0.374 e. The van der Waals surface area contributed by atoms with Gasteiger partial charge in [0.1, 0.15) is 11.5 Å². The van der Waals surface area contributed by atoms with Gasteiger partial charge in [-0.25, -0.2) is 4.98 Å². The molecule has 35 heavy (non-hydrogen) atoms. The normalized spacial score (nSPS) is 17.7. The molecular formula is C26H35N7O2. The number of aromatic nitrogens is 2. The standard InChI is InChI=1S/C26H35N7O2/c1-17(2)33-16-21-23(25(33)35)28-26(32-12-10-31(11-13-32)18(3)34)29-24(21)27-15-19-7-8-22-20(14-19)6-5-9-30(22)4/h7-8,14,17H,5-6,9-13,15-16H2,1-4H3,(H,27,28,29). The van der Waals surface area contributed by atoms with Crippen molar-refractivity contribution in [2.45, 2.75) is 52.7 Å². The molecule has 1 fully saturated rings. The van der Waals surface area contributed by atoms with Gasteiger partial charge in [0.15, 0.2) is 0 Å². The van der Waals surface area contributed by atoms with Gasteiger partial charge in [-0.2, -0.15) is 4.98 Å². The maximum atomic E-state index is 13.2. The number of fused-ring (bicyclic) bond motifs is 2. The van der Waals surface area contributed by atoms with Gasteiger partial charge in [0, 0.05) is 70.5 Å².